The fourth-order valence-corrected chi connectivity index (χ4v) is 1.51. The van der Waals surface area contributed by atoms with Gasteiger partial charge in [-0.1, -0.05) is 6.07 Å². The minimum atomic E-state index is -1.34. The van der Waals surface area contributed by atoms with Crippen LogP contribution in [0.1, 0.15) is 16.2 Å². The lowest BCUT2D eigenvalue weighted by Crippen LogP contribution is -2.09. The van der Waals surface area contributed by atoms with Gasteiger partial charge < -0.3 is 5.11 Å². The SMILES string of the molecule is N#Cc1ncn(-c2c(C(=O)O)cccc2[N+](=O)[O-])n1. The molecule has 0 aliphatic carbocycles. The van der Waals surface area contributed by atoms with Gasteiger partial charge in [0, 0.05) is 6.07 Å². The van der Waals surface area contributed by atoms with Crippen molar-refractivity contribution >= 4 is 11.7 Å². The molecule has 1 aromatic carbocycles. The van der Waals surface area contributed by atoms with Gasteiger partial charge in [0.05, 0.1) is 10.5 Å². The average molecular weight is 259 g/mol. The van der Waals surface area contributed by atoms with E-state index in [1.54, 1.807) is 6.07 Å². The number of benzene rings is 1. The van der Waals surface area contributed by atoms with Crippen molar-refractivity contribution in [3.05, 3.63) is 46.0 Å². The first kappa shape index (κ1) is 12.2. The van der Waals surface area contributed by atoms with E-state index < -0.39 is 16.6 Å². The lowest BCUT2D eigenvalue weighted by Gasteiger charge is -2.05. The molecule has 9 nitrogen and oxygen atoms in total. The van der Waals surface area contributed by atoms with E-state index in [-0.39, 0.29) is 17.1 Å². The number of nitriles is 1. The van der Waals surface area contributed by atoms with E-state index >= 15 is 0 Å². The van der Waals surface area contributed by atoms with Crippen molar-refractivity contribution in [2.45, 2.75) is 0 Å². The van der Waals surface area contributed by atoms with E-state index in [0.717, 1.165) is 17.1 Å². The average Bonchev–Trinajstić information content (AvgIpc) is 2.86. The van der Waals surface area contributed by atoms with Crippen molar-refractivity contribution < 1.29 is 14.8 Å². The van der Waals surface area contributed by atoms with Crippen LogP contribution in [-0.2, 0) is 0 Å². The molecule has 0 aliphatic heterocycles. The van der Waals surface area contributed by atoms with Gasteiger partial charge in [0.2, 0.25) is 0 Å². The molecule has 1 N–H and O–H groups in total. The summed E-state index contributed by atoms with van der Waals surface area (Å²) in [4.78, 5) is 24.9. The summed E-state index contributed by atoms with van der Waals surface area (Å²) in [7, 11) is 0. The second-order valence-corrected chi connectivity index (χ2v) is 3.36. The van der Waals surface area contributed by atoms with E-state index in [4.69, 9.17) is 10.4 Å². The van der Waals surface area contributed by atoms with Gasteiger partial charge in [0.15, 0.2) is 5.69 Å². The lowest BCUT2D eigenvalue weighted by atomic mass is 10.1. The maximum absolute atomic E-state index is 11.1. The molecule has 0 fully saturated rings. The molecule has 0 amide bonds. The number of aromatic nitrogens is 3. The van der Waals surface area contributed by atoms with Crippen LogP contribution in [0.15, 0.2) is 24.5 Å². The highest BCUT2D eigenvalue weighted by Crippen LogP contribution is 2.25. The van der Waals surface area contributed by atoms with Crippen molar-refractivity contribution in [3.8, 4) is 11.8 Å². The van der Waals surface area contributed by atoms with Gasteiger partial charge in [-0.15, -0.1) is 5.10 Å². The molecule has 0 saturated carbocycles. The number of rotatable bonds is 3. The van der Waals surface area contributed by atoms with Crippen LogP contribution >= 0.6 is 0 Å². The number of carboxylic acids is 1. The Hall–Kier alpha value is -3.28. The molecule has 0 saturated heterocycles. The molecule has 2 aromatic rings. The van der Waals surface area contributed by atoms with E-state index in [2.05, 4.69) is 10.1 Å². The number of para-hydroxylation sites is 1. The summed E-state index contributed by atoms with van der Waals surface area (Å²) in [5, 5.41) is 32.3. The molecule has 0 unspecified atom stereocenters. The number of nitro benzene ring substituents is 1. The minimum Gasteiger partial charge on any atom is -0.478 e. The number of carboxylic acid groups (broad SMARTS) is 1. The summed E-state index contributed by atoms with van der Waals surface area (Å²) in [6.45, 7) is 0. The molecule has 0 spiro atoms. The Morgan fingerprint density at radius 3 is 2.79 bits per heavy atom. The highest BCUT2D eigenvalue weighted by Gasteiger charge is 2.24. The third-order valence-electron chi connectivity index (χ3n) is 2.26. The Kier molecular flexibility index (Phi) is 2.91. The molecule has 0 atom stereocenters. The van der Waals surface area contributed by atoms with Crippen molar-refractivity contribution in [1.82, 2.24) is 14.8 Å². The zero-order valence-electron chi connectivity index (χ0n) is 9.22. The number of hydrogen-bond acceptors (Lipinski definition) is 6. The number of hydrogen-bond donors (Lipinski definition) is 1. The number of carbonyl (C=O) groups is 1. The standard InChI is InChI=1S/C10H5N5O4/c11-4-8-12-5-14(13-8)9-6(10(16)17)2-1-3-7(9)15(18)19/h1-3,5H,(H,16,17). The van der Waals surface area contributed by atoms with Crippen LogP contribution in [0.4, 0.5) is 5.69 Å². The van der Waals surface area contributed by atoms with Crippen LogP contribution < -0.4 is 0 Å². The predicted octanol–water partition coefficient (Wildman–Crippen LogP) is 0.745. The molecule has 9 heteroatoms. The number of nitro groups is 1. The van der Waals surface area contributed by atoms with Crippen molar-refractivity contribution in [1.29, 1.82) is 5.26 Å². The molecule has 1 heterocycles. The van der Waals surface area contributed by atoms with Crippen LogP contribution in [0.3, 0.4) is 0 Å². The van der Waals surface area contributed by atoms with Crippen LogP contribution in [0.25, 0.3) is 5.69 Å². The second kappa shape index (κ2) is 4.53. The van der Waals surface area contributed by atoms with Crippen LogP contribution in [0, 0.1) is 21.4 Å². The Morgan fingerprint density at radius 2 is 2.26 bits per heavy atom. The van der Waals surface area contributed by atoms with Crippen LogP contribution in [0.5, 0.6) is 0 Å². The van der Waals surface area contributed by atoms with Gasteiger partial charge in [-0.25, -0.2) is 14.5 Å². The smallest absolute Gasteiger partial charge is 0.338 e. The fourth-order valence-electron chi connectivity index (χ4n) is 1.51. The molecule has 0 radical (unpaired) electrons. The number of nitrogens with zero attached hydrogens (tertiary/aromatic N) is 5. The molecule has 94 valence electrons. The first-order valence-corrected chi connectivity index (χ1v) is 4.87. The molecular weight excluding hydrogens is 254 g/mol. The zero-order chi connectivity index (χ0) is 14.0. The van der Waals surface area contributed by atoms with Gasteiger partial charge in [-0.05, 0) is 6.07 Å². The molecular formula is C10H5N5O4. The number of aromatic carboxylic acids is 1. The maximum Gasteiger partial charge on any atom is 0.338 e. The summed E-state index contributed by atoms with van der Waals surface area (Å²) in [5.41, 5.74) is -0.980. The zero-order valence-corrected chi connectivity index (χ0v) is 9.22. The van der Waals surface area contributed by atoms with E-state index in [9.17, 15) is 14.9 Å². The first-order valence-electron chi connectivity index (χ1n) is 4.87. The van der Waals surface area contributed by atoms with Gasteiger partial charge in [-0.3, -0.25) is 10.1 Å². The highest BCUT2D eigenvalue weighted by atomic mass is 16.6. The fraction of sp³-hybridized carbons (Fsp3) is 0. The van der Waals surface area contributed by atoms with E-state index in [0.29, 0.717) is 0 Å². The van der Waals surface area contributed by atoms with Crippen LogP contribution in [0.2, 0.25) is 0 Å². The third-order valence-corrected chi connectivity index (χ3v) is 2.26. The summed E-state index contributed by atoms with van der Waals surface area (Å²) in [5.74, 6) is -1.55. The first-order chi connectivity index (χ1) is 9.04. The van der Waals surface area contributed by atoms with E-state index in [1.807, 2.05) is 0 Å². The minimum absolute atomic E-state index is 0.213. The van der Waals surface area contributed by atoms with Crippen LogP contribution in [-0.4, -0.2) is 30.8 Å². The van der Waals surface area contributed by atoms with Crippen molar-refractivity contribution in [2.75, 3.05) is 0 Å². The van der Waals surface area contributed by atoms with Gasteiger partial charge in [-0.2, -0.15) is 5.26 Å². The maximum atomic E-state index is 11.1. The molecule has 0 bridgehead atoms. The summed E-state index contributed by atoms with van der Waals surface area (Å²) >= 11 is 0. The third kappa shape index (κ3) is 2.09. The highest BCUT2D eigenvalue weighted by molar-refractivity contribution is 5.93. The Bertz CT molecular complexity index is 683. The molecule has 0 aliphatic rings. The summed E-state index contributed by atoms with van der Waals surface area (Å²) in [6, 6.07) is 5.27. The summed E-state index contributed by atoms with van der Waals surface area (Å²) in [6.07, 6.45) is 1.05. The quantitative estimate of drug-likeness (QED) is 0.634. The Balaban J connectivity index is 2.75. The molecule has 2 rings (SSSR count). The van der Waals surface area contributed by atoms with Crippen molar-refractivity contribution in [2.24, 2.45) is 0 Å². The Morgan fingerprint density at radius 1 is 1.53 bits per heavy atom. The lowest BCUT2D eigenvalue weighted by molar-refractivity contribution is -0.384. The second-order valence-electron chi connectivity index (χ2n) is 3.36. The normalized spacial score (nSPS) is 9.84. The Labute approximate surface area is 105 Å². The van der Waals surface area contributed by atoms with Gasteiger partial charge in [0.1, 0.15) is 12.4 Å². The van der Waals surface area contributed by atoms with Gasteiger partial charge in [0.25, 0.3) is 11.5 Å². The molecule has 19 heavy (non-hydrogen) atoms. The van der Waals surface area contributed by atoms with Crippen molar-refractivity contribution in [3.63, 3.8) is 0 Å². The molecule has 1 aromatic heterocycles. The largest absolute Gasteiger partial charge is 0.478 e. The van der Waals surface area contributed by atoms with E-state index in [1.165, 1.54) is 12.1 Å². The summed E-state index contributed by atoms with van der Waals surface area (Å²) < 4.78 is 0.903. The van der Waals surface area contributed by atoms with Gasteiger partial charge >= 0.3 is 5.97 Å². The predicted molar refractivity (Wildman–Crippen MR) is 59.7 cm³/mol. The monoisotopic (exact) mass is 259 g/mol. The topological polar surface area (TPSA) is 135 Å².